The fourth-order valence-electron chi connectivity index (χ4n) is 2.57. The zero-order valence-corrected chi connectivity index (χ0v) is 12.0. The van der Waals surface area contributed by atoms with Gasteiger partial charge in [0.25, 0.3) is 5.91 Å². The number of nitrogen functional groups attached to an aromatic ring is 1. The highest BCUT2D eigenvalue weighted by Gasteiger charge is 2.30. The molecule has 0 radical (unpaired) electrons. The van der Waals surface area contributed by atoms with Gasteiger partial charge in [0.05, 0.1) is 4.92 Å². The summed E-state index contributed by atoms with van der Waals surface area (Å²) in [6.07, 6.45) is 5.05. The second kappa shape index (κ2) is 6.13. The number of nitro benzene ring substituents is 1. The summed E-state index contributed by atoms with van der Waals surface area (Å²) in [6, 6.07) is 4.48. The van der Waals surface area contributed by atoms with Gasteiger partial charge in [-0.25, -0.2) is 0 Å². The Labute approximate surface area is 121 Å². The number of thioether (sulfide) groups is 1. The van der Waals surface area contributed by atoms with Crippen LogP contribution in [-0.4, -0.2) is 28.4 Å². The Morgan fingerprint density at radius 2 is 2.25 bits per heavy atom. The zero-order chi connectivity index (χ0) is 14.7. The van der Waals surface area contributed by atoms with Crippen molar-refractivity contribution in [3.8, 4) is 0 Å². The minimum Gasteiger partial charge on any atom is -0.393 e. The van der Waals surface area contributed by atoms with Crippen LogP contribution >= 0.6 is 11.8 Å². The van der Waals surface area contributed by atoms with E-state index in [1.807, 2.05) is 6.26 Å². The molecule has 3 N–H and O–H groups in total. The van der Waals surface area contributed by atoms with Crippen molar-refractivity contribution in [1.29, 1.82) is 0 Å². The van der Waals surface area contributed by atoms with Gasteiger partial charge in [-0.2, -0.15) is 11.8 Å². The summed E-state index contributed by atoms with van der Waals surface area (Å²) in [5.41, 5.74) is 5.32. The van der Waals surface area contributed by atoms with E-state index < -0.39 is 10.8 Å². The Kier molecular flexibility index (Phi) is 4.49. The number of carbonyl (C=O) groups is 1. The monoisotopic (exact) mass is 295 g/mol. The molecule has 20 heavy (non-hydrogen) atoms. The van der Waals surface area contributed by atoms with E-state index in [1.165, 1.54) is 12.1 Å². The Balaban J connectivity index is 2.21. The van der Waals surface area contributed by atoms with Gasteiger partial charge in [0, 0.05) is 11.3 Å². The van der Waals surface area contributed by atoms with Crippen molar-refractivity contribution in [2.75, 3.05) is 12.0 Å². The number of amides is 1. The molecule has 1 aromatic carbocycles. The summed E-state index contributed by atoms with van der Waals surface area (Å²) in [5, 5.41) is 14.3. The average Bonchev–Trinajstić information content (AvgIpc) is 2.85. The van der Waals surface area contributed by atoms with Crippen molar-refractivity contribution >= 4 is 29.0 Å². The molecule has 0 aromatic heterocycles. The molecule has 2 unspecified atom stereocenters. The van der Waals surface area contributed by atoms with E-state index in [1.54, 1.807) is 17.8 Å². The smallest absolute Gasteiger partial charge is 0.304 e. The van der Waals surface area contributed by atoms with E-state index in [4.69, 9.17) is 5.73 Å². The Hall–Kier alpha value is -1.76. The first-order chi connectivity index (χ1) is 9.54. The maximum absolute atomic E-state index is 12.3. The number of para-hydroxylation sites is 1. The van der Waals surface area contributed by atoms with Crippen LogP contribution in [0.4, 0.5) is 11.4 Å². The molecule has 1 fully saturated rings. The number of carbonyl (C=O) groups excluding carboxylic acids is 1. The van der Waals surface area contributed by atoms with Crippen LogP contribution in [0.2, 0.25) is 0 Å². The molecule has 0 aliphatic heterocycles. The van der Waals surface area contributed by atoms with Gasteiger partial charge >= 0.3 is 5.69 Å². The minimum absolute atomic E-state index is 0.00971. The molecule has 7 heteroatoms. The Bertz CT molecular complexity index is 536. The molecule has 0 saturated heterocycles. The lowest BCUT2D eigenvalue weighted by molar-refractivity contribution is -0.384. The third kappa shape index (κ3) is 2.87. The van der Waals surface area contributed by atoms with E-state index in [-0.39, 0.29) is 23.0 Å². The lowest BCUT2D eigenvalue weighted by Crippen LogP contribution is -2.38. The molecular formula is C13H17N3O3S. The summed E-state index contributed by atoms with van der Waals surface area (Å²) in [5.74, 6) is -0.421. The van der Waals surface area contributed by atoms with Crippen LogP contribution in [-0.2, 0) is 0 Å². The SMILES string of the molecule is CSC1CCCC1NC(=O)c1cccc(N)c1[N+](=O)[O-]. The van der Waals surface area contributed by atoms with Crippen LogP contribution in [0.1, 0.15) is 29.6 Å². The van der Waals surface area contributed by atoms with Crippen LogP contribution in [0.3, 0.4) is 0 Å². The van der Waals surface area contributed by atoms with Gasteiger partial charge in [-0.05, 0) is 31.2 Å². The van der Waals surface area contributed by atoms with Crippen LogP contribution in [0.25, 0.3) is 0 Å². The molecule has 1 amide bonds. The van der Waals surface area contributed by atoms with Gasteiger partial charge in [0.2, 0.25) is 0 Å². The normalized spacial score (nSPS) is 21.6. The third-order valence-electron chi connectivity index (χ3n) is 3.57. The minimum atomic E-state index is -0.606. The first-order valence-corrected chi connectivity index (χ1v) is 7.70. The maximum atomic E-state index is 12.3. The molecule has 1 aliphatic carbocycles. The lowest BCUT2D eigenvalue weighted by Gasteiger charge is -2.19. The standard InChI is InChI=1S/C13H17N3O3S/c1-20-11-7-3-6-10(11)15-13(17)8-4-2-5-9(14)12(8)16(18)19/h2,4-5,10-11H,3,6-7,14H2,1H3,(H,15,17). The highest BCUT2D eigenvalue weighted by Crippen LogP contribution is 2.30. The Morgan fingerprint density at radius 1 is 1.50 bits per heavy atom. The summed E-state index contributed by atoms with van der Waals surface area (Å²) in [6.45, 7) is 0. The van der Waals surface area contributed by atoms with Crippen molar-refractivity contribution in [3.63, 3.8) is 0 Å². The number of hydrogen-bond donors (Lipinski definition) is 2. The highest BCUT2D eigenvalue weighted by molar-refractivity contribution is 7.99. The molecule has 1 saturated carbocycles. The average molecular weight is 295 g/mol. The summed E-state index contributed by atoms with van der Waals surface area (Å²) in [7, 11) is 0. The lowest BCUT2D eigenvalue weighted by atomic mass is 10.1. The van der Waals surface area contributed by atoms with Crippen molar-refractivity contribution in [1.82, 2.24) is 5.32 Å². The summed E-state index contributed by atoms with van der Waals surface area (Å²) < 4.78 is 0. The van der Waals surface area contributed by atoms with E-state index in [2.05, 4.69) is 5.32 Å². The Morgan fingerprint density at radius 3 is 2.90 bits per heavy atom. The van der Waals surface area contributed by atoms with Gasteiger partial charge < -0.3 is 11.1 Å². The fourth-order valence-corrected chi connectivity index (χ4v) is 3.50. The molecule has 2 rings (SSSR count). The van der Waals surface area contributed by atoms with Gasteiger partial charge in [0.1, 0.15) is 11.3 Å². The summed E-state index contributed by atoms with van der Waals surface area (Å²) in [4.78, 5) is 22.7. The zero-order valence-electron chi connectivity index (χ0n) is 11.2. The number of anilines is 1. The predicted molar refractivity (Wildman–Crippen MR) is 79.9 cm³/mol. The number of nitrogens with two attached hydrogens (primary N) is 1. The van der Waals surface area contributed by atoms with Gasteiger partial charge in [-0.15, -0.1) is 0 Å². The first kappa shape index (κ1) is 14.6. The number of rotatable bonds is 4. The van der Waals surface area contributed by atoms with E-state index in [9.17, 15) is 14.9 Å². The van der Waals surface area contributed by atoms with E-state index >= 15 is 0 Å². The van der Waals surface area contributed by atoms with Crippen molar-refractivity contribution < 1.29 is 9.72 Å². The molecule has 1 aliphatic rings. The predicted octanol–water partition coefficient (Wildman–Crippen LogP) is 2.19. The largest absolute Gasteiger partial charge is 0.393 e. The molecule has 2 atom stereocenters. The van der Waals surface area contributed by atoms with Gasteiger partial charge in [-0.3, -0.25) is 14.9 Å². The van der Waals surface area contributed by atoms with Crippen LogP contribution in [0.15, 0.2) is 18.2 Å². The molecule has 108 valence electrons. The van der Waals surface area contributed by atoms with Crippen molar-refractivity contribution in [2.45, 2.75) is 30.6 Å². The van der Waals surface area contributed by atoms with Crippen molar-refractivity contribution in [2.24, 2.45) is 0 Å². The van der Waals surface area contributed by atoms with Gasteiger partial charge in [0.15, 0.2) is 0 Å². The van der Waals surface area contributed by atoms with Crippen LogP contribution < -0.4 is 11.1 Å². The topological polar surface area (TPSA) is 98.3 Å². The number of nitrogens with one attached hydrogen (secondary N) is 1. The second-order valence-corrected chi connectivity index (χ2v) is 5.86. The number of nitro groups is 1. The van der Waals surface area contributed by atoms with E-state index in [0.717, 1.165) is 19.3 Å². The highest BCUT2D eigenvalue weighted by atomic mass is 32.2. The number of benzene rings is 1. The molecule has 1 aromatic rings. The third-order valence-corrected chi connectivity index (χ3v) is 4.74. The number of hydrogen-bond acceptors (Lipinski definition) is 5. The van der Waals surface area contributed by atoms with Crippen LogP contribution in [0, 0.1) is 10.1 Å². The molecule has 0 heterocycles. The molecule has 0 spiro atoms. The van der Waals surface area contributed by atoms with Crippen molar-refractivity contribution in [3.05, 3.63) is 33.9 Å². The van der Waals surface area contributed by atoms with E-state index in [0.29, 0.717) is 5.25 Å². The molecule has 6 nitrogen and oxygen atoms in total. The van der Waals surface area contributed by atoms with Gasteiger partial charge in [-0.1, -0.05) is 12.5 Å². The second-order valence-electron chi connectivity index (χ2n) is 4.79. The maximum Gasteiger partial charge on any atom is 0.304 e. The fraction of sp³-hybridized carbons (Fsp3) is 0.462. The van der Waals surface area contributed by atoms with Crippen LogP contribution in [0.5, 0.6) is 0 Å². The number of nitrogens with zero attached hydrogens (tertiary/aromatic N) is 1. The quantitative estimate of drug-likeness (QED) is 0.504. The molecular weight excluding hydrogens is 278 g/mol. The first-order valence-electron chi connectivity index (χ1n) is 6.41. The molecule has 0 bridgehead atoms. The summed E-state index contributed by atoms with van der Waals surface area (Å²) >= 11 is 1.72.